The van der Waals surface area contributed by atoms with Crippen molar-refractivity contribution >= 4 is 43.9 Å². The number of methoxy groups -OCH3 is 1. The molecule has 5 heteroatoms. The average molecular weight is 440 g/mol. The summed E-state index contributed by atoms with van der Waals surface area (Å²) in [5, 5.41) is 4.24. The molecule has 3 nitrogen and oxygen atoms in total. The molecule has 30 heavy (non-hydrogen) atoms. The summed E-state index contributed by atoms with van der Waals surface area (Å²) in [7, 11) is 1.65. The van der Waals surface area contributed by atoms with Gasteiger partial charge in [-0.05, 0) is 40.3 Å². The molecule has 0 spiro atoms. The number of thiophene rings is 1. The van der Waals surface area contributed by atoms with Crippen LogP contribution in [0.25, 0.3) is 32.1 Å². The molecule has 1 N–H and O–H groups in total. The van der Waals surface area contributed by atoms with Crippen molar-refractivity contribution in [2.24, 2.45) is 5.41 Å². The van der Waals surface area contributed by atoms with E-state index in [1.807, 2.05) is 11.4 Å². The van der Waals surface area contributed by atoms with Gasteiger partial charge in [-0.15, -0.1) is 11.3 Å². The highest BCUT2D eigenvalue weighted by molar-refractivity contribution is 7.17. The Morgan fingerprint density at radius 3 is 2.50 bits per heavy atom. The highest BCUT2D eigenvalue weighted by Gasteiger charge is 2.20. The first-order valence-electron chi connectivity index (χ1n) is 10.1. The first-order valence-corrected chi connectivity index (χ1v) is 11.4. The number of aromatic nitrogens is 1. The minimum Gasteiger partial charge on any atom is -0.496 e. The van der Waals surface area contributed by atoms with Crippen LogP contribution in [-0.2, 0) is 0 Å². The van der Waals surface area contributed by atoms with Gasteiger partial charge in [0.25, 0.3) is 5.56 Å². The van der Waals surface area contributed by atoms with E-state index in [9.17, 15) is 4.79 Å². The van der Waals surface area contributed by atoms with Crippen LogP contribution in [0.2, 0.25) is 5.02 Å². The highest BCUT2D eigenvalue weighted by atomic mass is 35.5. The Morgan fingerprint density at radius 1 is 1.17 bits per heavy atom. The second-order valence-electron chi connectivity index (χ2n) is 9.09. The quantitative estimate of drug-likeness (QED) is 0.355. The summed E-state index contributed by atoms with van der Waals surface area (Å²) < 4.78 is 6.41. The van der Waals surface area contributed by atoms with Crippen molar-refractivity contribution in [2.45, 2.75) is 40.0 Å². The van der Waals surface area contributed by atoms with Crippen LogP contribution in [0.5, 0.6) is 5.75 Å². The number of pyridine rings is 1. The average Bonchev–Trinajstić information content (AvgIpc) is 3.18. The molecule has 1 unspecified atom stereocenters. The third kappa shape index (κ3) is 3.75. The largest absolute Gasteiger partial charge is 0.496 e. The van der Waals surface area contributed by atoms with Gasteiger partial charge in [0.1, 0.15) is 10.4 Å². The van der Waals surface area contributed by atoms with Crippen molar-refractivity contribution in [1.29, 1.82) is 0 Å². The van der Waals surface area contributed by atoms with E-state index in [0.717, 1.165) is 28.3 Å². The molecule has 4 aromatic rings. The van der Waals surface area contributed by atoms with Crippen molar-refractivity contribution in [3.63, 3.8) is 0 Å². The molecule has 2 aromatic carbocycles. The van der Waals surface area contributed by atoms with Crippen molar-refractivity contribution < 1.29 is 4.74 Å². The van der Waals surface area contributed by atoms with Crippen LogP contribution in [0.1, 0.15) is 45.6 Å². The van der Waals surface area contributed by atoms with Crippen LogP contribution in [0.3, 0.4) is 0 Å². The predicted octanol–water partition coefficient (Wildman–Crippen LogP) is 7.61. The lowest BCUT2D eigenvalue weighted by Crippen LogP contribution is -2.09. The Hall–Kier alpha value is -2.30. The lowest BCUT2D eigenvalue weighted by Gasteiger charge is -2.23. The van der Waals surface area contributed by atoms with Gasteiger partial charge in [0.05, 0.1) is 17.6 Å². The Morgan fingerprint density at radius 2 is 1.87 bits per heavy atom. The zero-order chi connectivity index (χ0) is 21.6. The number of rotatable bonds is 4. The van der Waals surface area contributed by atoms with Gasteiger partial charge in [-0.2, -0.15) is 0 Å². The molecular weight excluding hydrogens is 414 g/mol. The minimum atomic E-state index is -0.114. The van der Waals surface area contributed by atoms with Gasteiger partial charge < -0.3 is 9.72 Å². The van der Waals surface area contributed by atoms with Crippen LogP contribution in [0.4, 0.5) is 0 Å². The summed E-state index contributed by atoms with van der Waals surface area (Å²) in [6, 6.07) is 12.4. The molecule has 0 radical (unpaired) electrons. The zero-order valence-corrected chi connectivity index (χ0v) is 19.5. The standard InChI is InChI=1S/C25H26ClNO2S/c1-14(13-25(2,3)4)15-6-8-16(9-7-15)20-19(29-5)12-18(26)22-21(20)17-10-11-30-23(17)24(28)27-22/h6-12,14H,13H2,1-5H3,(H,27,28). The number of aromatic amines is 1. The van der Waals surface area contributed by atoms with Crippen molar-refractivity contribution in [3.8, 4) is 16.9 Å². The van der Waals surface area contributed by atoms with E-state index in [1.165, 1.54) is 16.9 Å². The highest BCUT2D eigenvalue weighted by Crippen LogP contribution is 2.43. The van der Waals surface area contributed by atoms with Gasteiger partial charge in [0.15, 0.2) is 0 Å². The van der Waals surface area contributed by atoms with E-state index in [0.29, 0.717) is 26.9 Å². The van der Waals surface area contributed by atoms with Crippen LogP contribution in [0.15, 0.2) is 46.6 Å². The predicted molar refractivity (Wildman–Crippen MR) is 129 cm³/mol. The Kier molecular flexibility index (Phi) is 5.41. The molecule has 2 heterocycles. The zero-order valence-electron chi connectivity index (χ0n) is 17.9. The van der Waals surface area contributed by atoms with Gasteiger partial charge in [0, 0.05) is 22.4 Å². The molecule has 0 saturated heterocycles. The van der Waals surface area contributed by atoms with E-state index in [4.69, 9.17) is 16.3 Å². The van der Waals surface area contributed by atoms with E-state index >= 15 is 0 Å². The molecule has 0 amide bonds. The summed E-state index contributed by atoms with van der Waals surface area (Å²) in [4.78, 5) is 15.5. The van der Waals surface area contributed by atoms with Crippen molar-refractivity contribution in [2.75, 3.05) is 7.11 Å². The van der Waals surface area contributed by atoms with Gasteiger partial charge in [-0.25, -0.2) is 0 Å². The van der Waals surface area contributed by atoms with Crippen LogP contribution in [0, 0.1) is 5.41 Å². The fourth-order valence-corrected chi connectivity index (χ4v) is 5.37. The first kappa shape index (κ1) is 21.0. The molecule has 0 saturated carbocycles. The number of H-pyrrole nitrogens is 1. The summed E-state index contributed by atoms with van der Waals surface area (Å²) >= 11 is 7.96. The van der Waals surface area contributed by atoms with Crippen LogP contribution in [-0.4, -0.2) is 12.1 Å². The normalized spacial score (nSPS) is 13.1. The SMILES string of the molecule is COc1cc(Cl)c2[nH]c(=O)c3sccc3c2c1-c1ccc(C(C)CC(C)(C)C)cc1. The number of ether oxygens (including phenoxy) is 1. The molecule has 156 valence electrons. The third-order valence-electron chi connectivity index (χ3n) is 5.53. The molecule has 0 fully saturated rings. The van der Waals surface area contributed by atoms with Crippen LogP contribution < -0.4 is 10.3 Å². The number of nitrogens with one attached hydrogen (secondary N) is 1. The van der Waals surface area contributed by atoms with Gasteiger partial charge in [0.2, 0.25) is 0 Å². The van der Waals surface area contributed by atoms with E-state index in [-0.39, 0.29) is 11.0 Å². The second-order valence-corrected chi connectivity index (χ2v) is 10.4. The maximum Gasteiger partial charge on any atom is 0.266 e. The molecule has 0 bridgehead atoms. The lowest BCUT2D eigenvalue weighted by molar-refractivity contribution is 0.349. The van der Waals surface area contributed by atoms with E-state index < -0.39 is 0 Å². The number of benzene rings is 2. The van der Waals surface area contributed by atoms with Gasteiger partial charge in [-0.3, -0.25) is 4.79 Å². The fraction of sp³-hybridized carbons (Fsp3) is 0.320. The molecular formula is C25H26ClNO2S. The maximum absolute atomic E-state index is 12.5. The maximum atomic E-state index is 12.5. The van der Waals surface area contributed by atoms with E-state index in [1.54, 1.807) is 13.2 Å². The summed E-state index contributed by atoms with van der Waals surface area (Å²) in [5.41, 5.74) is 4.13. The Balaban J connectivity index is 1.93. The van der Waals surface area contributed by atoms with Crippen LogP contribution >= 0.6 is 22.9 Å². The lowest BCUT2D eigenvalue weighted by atomic mass is 9.82. The Bertz CT molecular complexity index is 1280. The number of fused-ring (bicyclic) bond motifs is 3. The smallest absolute Gasteiger partial charge is 0.266 e. The topological polar surface area (TPSA) is 42.1 Å². The first-order chi connectivity index (χ1) is 14.2. The summed E-state index contributed by atoms with van der Waals surface area (Å²) in [5.74, 6) is 1.17. The minimum absolute atomic E-state index is 0.114. The fourth-order valence-electron chi connectivity index (χ4n) is 4.33. The molecule has 0 aliphatic heterocycles. The number of hydrogen-bond acceptors (Lipinski definition) is 3. The molecule has 0 aliphatic rings. The Labute approximate surface area is 185 Å². The van der Waals surface area contributed by atoms with Gasteiger partial charge in [-0.1, -0.05) is 63.6 Å². The van der Waals surface area contributed by atoms with Crippen molar-refractivity contribution in [1.82, 2.24) is 4.98 Å². The van der Waals surface area contributed by atoms with Crippen molar-refractivity contribution in [3.05, 3.63) is 62.7 Å². The number of halogens is 1. The second kappa shape index (κ2) is 7.75. The number of hydrogen-bond donors (Lipinski definition) is 1. The third-order valence-corrected chi connectivity index (χ3v) is 6.74. The van der Waals surface area contributed by atoms with E-state index in [2.05, 4.69) is 56.9 Å². The van der Waals surface area contributed by atoms with Gasteiger partial charge >= 0.3 is 0 Å². The molecule has 1 atom stereocenters. The monoisotopic (exact) mass is 439 g/mol. The summed E-state index contributed by atoms with van der Waals surface area (Å²) in [6.45, 7) is 9.10. The molecule has 0 aliphatic carbocycles. The molecule has 4 rings (SSSR count). The molecule has 2 aromatic heterocycles. The summed E-state index contributed by atoms with van der Waals surface area (Å²) in [6.07, 6.45) is 1.12.